The molecule has 1 heterocycles. The largest absolute Gasteiger partial charge is 0.237 e. The van der Waals surface area contributed by atoms with Gasteiger partial charge in [0.2, 0.25) is 0 Å². The fraction of sp³-hybridized carbons (Fsp3) is 0.143. The molecule has 0 saturated carbocycles. The first-order valence-electron chi connectivity index (χ1n) is 8.12. The van der Waals surface area contributed by atoms with E-state index < -0.39 is 11.0 Å². The molecule has 0 spiro atoms. The first-order valence-corrected chi connectivity index (χ1v) is 9.23. The van der Waals surface area contributed by atoms with Crippen molar-refractivity contribution in [2.45, 2.75) is 23.9 Å². The van der Waals surface area contributed by atoms with Gasteiger partial charge in [-0.3, -0.25) is 0 Å². The normalized spacial score (nSPS) is 23.6. The van der Waals surface area contributed by atoms with Crippen molar-refractivity contribution >= 4 is 11.0 Å². The number of aryl methyl sites for hydroxylation is 1. The van der Waals surface area contributed by atoms with Crippen LogP contribution in [-0.4, -0.2) is 8.51 Å². The van der Waals surface area contributed by atoms with E-state index >= 15 is 0 Å². The summed E-state index contributed by atoms with van der Waals surface area (Å²) < 4.78 is 15.2. The van der Waals surface area contributed by atoms with Crippen LogP contribution < -0.4 is 0 Å². The molecule has 24 heavy (non-hydrogen) atoms. The molecule has 3 heteroatoms. The lowest BCUT2D eigenvalue weighted by atomic mass is 10.0. The predicted octanol–water partition coefficient (Wildman–Crippen LogP) is 4.82. The molecule has 0 bridgehead atoms. The zero-order valence-corrected chi connectivity index (χ0v) is 14.3. The van der Waals surface area contributed by atoms with Crippen molar-refractivity contribution < 1.29 is 4.21 Å². The second-order valence-electron chi connectivity index (χ2n) is 6.13. The zero-order valence-electron chi connectivity index (χ0n) is 13.5. The van der Waals surface area contributed by atoms with Gasteiger partial charge in [-0.2, -0.15) is 0 Å². The SMILES string of the molecule is Cc1ccc(S(=O)N2[C@H](c3ccccc3)[C@H]2c2ccccc2)cc1. The maximum absolute atomic E-state index is 13.1. The number of rotatable bonds is 4. The van der Waals surface area contributed by atoms with Crippen LogP contribution in [0.4, 0.5) is 0 Å². The van der Waals surface area contributed by atoms with Crippen molar-refractivity contribution in [3.8, 4) is 0 Å². The highest BCUT2D eigenvalue weighted by molar-refractivity contribution is 7.83. The van der Waals surface area contributed by atoms with Gasteiger partial charge in [-0.05, 0) is 30.2 Å². The molecule has 2 nitrogen and oxygen atoms in total. The van der Waals surface area contributed by atoms with E-state index in [0.717, 1.165) is 4.90 Å². The minimum Gasteiger partial charge on any atom is -0.237 e. The van der Waals surface area contributed by atoms with Crippen molar-refractivity contribution in [1.82, 2.24) is 4.31 Å². The molecule has 1 aliphatic heterocycles. The lowest BCUT2D eigenvalue weighted by Gasteiger charge is -2.05. The highest BCUT2D eigenvalue weighted by Crippen LogP contribution is 2.56. The van der Waals surface area contributed by atoms with Crippen LogP contribution in [0, 0.1) is 6.92 Å². The first-order chi connectivity index (χ1) is 11.8. The van der Waals surface area contributed by atoms with Crippen LogP contribution >= 0.6 is 0 Å². The van der Waals surface area contributed by atoms with Crippen molar-refractivity contribution in [3.05, 3.63) is 102 Å². The maximum atomic E-state index is 13.1. The summed E-state index contributed by atoms with van der Waals surface area (Å²) in [6, 6.07) is 29.0. The molecule has 1 saturated heterocycles. The lowest BCUT2D eigenvalue weighted by Crippen LogP contribution is -2.05. The fourth-order valence-corrected chi connectivity index (χ4v) is 4.60. The topological polar surface area (TPSA) is 20.1 Å². The predicted molar refractivity (Wildman–Crippen MR) is 97.8 cm³/mol. The van der Waals surface area contributed by atoms with Gasteiger partial charge in [-0.1, -0.05) is 78.4 Å². The summed E-state index contributed by atoms with van der Waals surface area (Å²) >= 11 is 0. The monoisotopic (exact) mass is 333 g/mol. The summed E-state index contributed by atoms with van der Waals surface area (Å²) in [4.78, 5) is 0.861. The third-order valence-corrected chi connectivity index (χ3v) is 5.97. The summed E-state index contributed by atoms with van der Waals surface area (Å²) in [7, 11) is -1.16. The Labute approximate surface area is 145 Å². The summed E-state index contributed by atoms with van der Waals surface area (Å²) in [6.45, 7) is 2.05. The van der Waals surface area contributed by atoms with Crippen LogP contribution in [-0.2, 0) is 11.0 Å². The van der Waals surface area contributed by atoms with Gasteiger partial charge in [0.15, 0.2) is 0 Å². The van der Waals surface area contributed by atoms with Gasteiger partial charge in [0.25, 0.3) is 0 Å². The van der Waals surface area contributed by atoms with Gasteiger partial charge < -0.3 is 0 Å². The van der Waals surface area contributed by atoms with Gasteiger partial charge in [0.05, 0.1) is 17.0 Å². The Morgan fingerprint density at radius 2 is 1.17 bits per heavy atom. The van der Waals surface area contributed by atoms with Gasteiger partial charge >= 0.3 is 0 Å². The summed E-state index contributed by atoms with van der Waals surface area (Å²) in [5.41, 5.74) is 3.61. The second-order valence-corrected chi connectivity index (χ2v) is 7.52. The first kappa shape index (κ1) is 15.3. The summed E-state index contributed by atoms with van der Waals surface area (Å²) in [6.07, 6.45) is 0. The molecule has 0 aliphatic carbocycles. The Morgan fingerprint density at radius 3 is 1.62 bits per heavy atom. The number of hydrogen-bond donors (Lipinski definition) is 0. The molecule has 4 rings (SSSR count). The third-order valence-electron chi connectivity index (χ3n) is 4.45. The van der Waals surface area contributed by atoms with Crippen LogP contribution in [0.25, 0.3) is 0 Å². The smallest absolute Gasteiger partial charge is 0.128 e. The Balaban J connectivity index is 1.69. The van der Waals surface area contributed by atoms with Gasteiger partial charge in [0.1, 0.15) is 11.0 Å². The molecule has 1 fully saturated rings. The van der Waals surface area contributed by atoms with Crippen molar-refractivity contribution in [3.63, 3.8) is 0 Å². The molecule has 3 aromatic rings. The van der Waals surface area contributed by atoms with E-state index in [1.807, 2.05) is 67.6 Å². The minimum absolute atomic E-state index is 0.163. The van der Waals surface area contributed by atoms with E-state index in [2.05, 4.69) is 28.6 Å². The van der Waals surface area contributed by atoms with Crippen molar-refractivity contribution in [2.24, 2.45) is 0 Å². The van der Waals surface area contributed by atoms with Crippen molar-refractivity contribution in [2.75, 3.05) is 0 Å². The lowest BCUT2D eigenvalue weighted by molar-refractivity contribution is 0.638. The average Bonchev–Trinajstić information content (AvgIpc) is 3.39. The summed E-state index contributed by atoms with van der Waals surface area (Å²) in [5, 5.41) is 0. The van der Waals surface area contributed by atoms with E-state index in [1.165, 1.54) is 16.7 Å². The summed E-state index contributed by atoms with van der Waals surface area (Å²) in [5.74, 6) is 0. The molecule has 120 valence electrons. The highest BCUT2D eigenvalue weighted by Gasteiger charge is 2.53. The van der Waals surface area contributed by atoms with Crippen LogP contribution in [0.5, 0.6) is 0 Å². The number of nitrogens with zero attached hydrogens (tertiary/aromatic N) is 1. The Morgan fingerprint density at radius 1 is 0.708 bits per heavy atom. The van der Waals surface area contributed by atoms with Gasteiger partial charge in [-0.25, -0.2) is 8.51 Å². The standard InChI is InChI=1S/C21H19NOS/c1-16-12-14-19(15-13-16)24(23)22-20(17-8-4-2-5-9-17)21(22)18-10-6-3-7-11-18/h2-15,20-21H,1H3/t20-,21-,24?/m1/s1. The Kier molecular flexibility index (Phi) is 4.05. The molecule has 3 atom stereocenters. The zero-order chi connectivity index (χ0) is 16.5. The highest BCUT2D eigenvalue weighted by atomic mass is 32.2. The van der Waals surface area contributed by atoms with Crippen LogP contribution in [0.15, 0.2) is 89.8 Å². The number of benzene rings is 3. The van der Waals surface area contributed by atoms with Crippen LogP contribution in [0.1, 0.15) is 28.8 Å². The molecular formula is C21H19NOS. The van der Waals surface area contributed by atoms with Gasteiger partial charge in [-0.15, -0.1) is 0 Å². The quantitative estimate of drug-likeness (QED) is 0.627. The van der Waals surface area contributed by atoms with E-state index in [0.29, 0.717) is 0 Å². The molecular weight excluding hydrogens is 314 g/mol. The molecule has 3 aromatic carbocycles. The molecule has 1 aliphatic rings. The second kappa shape index (κ2) is 6.34. The Hall–Kier alpha value is -2.23. The molecule has 0 amide bonds. The molecule has 1 unspecified atom stereocenters. The Bertz CT molecular complexity index is 801. The van der Waals surface area contributed by atoms with Crippen molar-refractivity contribution in [1.29, 1.82) is 0 Å². The van der Waals surface area contributed by atoms with Crippen LogP contribution in [0.3, 0.4) is 0 Å². The third kappa shape index (κ3) is 2.81. The van der Waals surface area contributed by atoms with Crippen LogP contribution in [0.2, 0.25) is 0 Å². The van der Waals surface area contributed by atoms with E-state index in [4.69, 9.17) is 0 Å². The maximum Gasteiger partial charge on any atom is 0.128 e. The van der Waals surface area contributed by atoms with E-state index in [9.17, 15) is 4.21 Å². The fourth-order valence-electron chi connectivity index (χ4n) is 3.15. The average molecular weight is 333 g/mol. The van der Waals surface area contributed by atoms with E-state index in [1.54, 1.807) is 0 Å². The van der Waals surface area contributed by atoms with Gasteiger partial charge in [0, 0.05) is 0 Å². The van der Waals surface area contributed by atoms with E-state index in [-0.39, 0.29) is 12.1 Å². The molecule has 0 radical (unpaired) electrons. The molecule has 0 N–H and O–H groups in total. The molecule has 0 aromatic heterocycles. The minimum atomic E-state index is -1.16. The number of hydrogen-bond acceptors (Lipinski definition) is 1.